The van der Waals surface area contributed by atoms with E-state index in [0.29, 0.717) is 28.0 Å². The third-order valence-electron chi connectivity index (χ3n) is 18.8. The van der Waals surface area contributed by atoms with Crippen LogP contribution in [-0.4, -0.2) is 200 Å². The van der Waals surface area contributed by atoms with Crippen LogP contribution in [0.3, 0.4) is 0 Å². The number of unbranched alkanes of at least 4 members (excludes halogenated alkanes) is 1. The summed E-state index contributed by atoms with van der Waals surface area (Å²) in [5.41, 5.74) is 6.48. The molecule has 36 nitrogen and oxygen atoms in total. The van der Waals surface area contributed by atoms with Crippen molar-refractivity contribution >= 4 is 127 Å². The molecule has 0 heterocycles. The van der Waals surface area contributed by atoms with Gasteiger partial charge in [-0.05, 0) is 127 Å². The van der Waals surface area contributed by atoms with Crippen molar-refractivity contribution in [3.63, 3.8) is 0 Å². The standard InChI is InChI=1S/C81H92N14O22S/c1-46(2)71(78(109)89-64(43-70(102)103)76(107)87-61(36-38-68(98)99)75(106)88-62(80(111)112)24-12-13-39-84-73(104)48-27-29-49(30-28-48)93-94-50-31-33-51(34-32-50)95(3)4)91-79(110)72(47-16-6-5-7-17-47)92-77(108)63(42-69(100)101)86-67(97)44-85-74(105)60(90-81(113)117-45-58-54-20-10-8-18-52(54)53-19-9-11-21-55(53)58)35-37-66(96)83-41-40-82-59-25-14-23-57-56(59)22-15-26-65(57)118(114,115)116/h5-11,14-23,25-34,46,58,60-64,71-72,82H,12-13,24,35-45H2,1-4H3,(H,83,96)(H,84,104)(H,85,105)(H,86,97)(H,87,107)(H,88,106)(H,89,109)(H,90,113)(H,91,110)(H,92,108)(H,98,99)(H,100,101)(H,102,103)(H,111,112)(H,114,115,116)/t60?,61?,62-,63?,64-,71-,72-/m0/s1. The highest BCUT2D eigenvalue weighted by atomic mass is 32.2. The number of nitrogens with zero attached hydrogens (tertiary/aromatic N) is 3. The van der Waals surface area contributed by atoms with Gasteiger partial charge in [-0.1, -0.05) is 117 Å². The highest BCUT2D eigenvalue weighted by molar-refractivity contribution is 7.86. The third kappa shape index (κ3) is 26.7. The summed E-state index contributed by atoms with van der Waals surface area (Å²) >= 11 is 0. The summed E-state index contributed by atoms with van der Waals surface area (Å²) in [5.74, 6) is -17.1. The summed E-state index contributed by atoms with van der Waals surface area (Å²) < 4.78 is 39.6. The normalized spacial score (nSPS) is 13.4. The van der Waals surface area contributed by atoms with E-state index >= 15 is 0 Å². The maximum absolute atomic E-state index is 14.5. The number of hydrogen-bond acceptors (Lipinski definition) is 21. The number of carbonyl (C=O) groups excluding carboxylic acids is 10. The topological polar surface area (TPSA) is 544 Å². The van der Waals surface area contributed by atoms with Gasteiger partial charge in [0.25, 0.3) is 16.0 Å². The number of carboxylic acid groups (broad SMARTS) is 4. The van der Waals surface area contributed by atoms with Gasteiger partial charge in [-0.15, -0.1) is 0 Å². The van der Waals surface area contributed by atoms with Gasteiger partial charge in [0.05, 0.1) is 30.8 Å². The van der Waals surface area contributed by atoms with Crippen molar-refractivity contribution in [3.8, 4) is 11.1 Å². The minimum absolute atomic E-state index is 0.00530. The van der Waals surface area contributed by atoms with Gasteiger partial charge in [-0.25, -0.2) is 9.59 Å². The Hall–Kier alpha value is -13.7. The molecular formula is C81H92N14O22S. The summed E-state index contributed by atoms with van der Waals surface area (Å²) in [6, 6.07) is 32.3. The number of aliphatic carboxylic acids is 4. The summed E-state index contributed by atoms with van der Waals surface area (Å²) in [7, 11) is -0.751. The molecule has 7 aromatic rings. The van der Waals surface area contributed by atoms with Gasteiger partial charge in [-0.3, -0.25) is 62.1 Å². The Labute approximate surface area is 677 Å². The first-order valence-corrected chi connectivity index (χ1v) is 38.9. The molecule has 0 aliphatic heterocycles. The minimum atomic E-state index is -4.57. The first-order chi connectivity index (χ1) is 56.2. The molecule has 0 saturated heterocycles. The van der Waals surface area contributed by atoms with Crippen LogP contribution in [0.5, 0.6) is 0 Å². The van der Waals surface area contributed by atoms with Gasteiger partial charge < -0.3 is 88.5 Å². The van der Waals surface area contributed by atoms with Crippen molar-refractivity contribution in [2.75, 3.05) is 57.1 Å². The second kappa shape index (κ2) is 43.1. The van der Waals surface area contributed by atoms with E-state index in [4.69, 9.17) is 4.74 Å². The molecule has 10 amide bonds. The molecule has 0 saturated carbocycles. The number of rotatable bonds is 44. The second-order valence-electron chi connectivity index (χ2n) is 27.9. The first-order valence-electron chi connectivity index (χ1n) is 37.5. The number of carbonyl (C=O) groups is 14. The number of azo groups is 1. The molecule has 0 spiro atoms. The Morgan fingerprint density at radius 3 is 1.63 bits per heavy atom. The zero-order chi connectivity index (χ0) is 85.8. The van der Waals surface area contributed by atoms with Crippen molar-refractivity contribution in [1.29, 1.82) is 0 Å². The number of fused-ring (bicyclic) bond motifs is 4. The number of benzene rings is 7. The van der Waals surface area contributed by atoms with Crippen LogP contribution in [-0.2, 0) is 72.4 Å². The van der Waals surface area contributed by atoms with Crippen LogP contribution >= 0.6 is 0 Å². The third-order valence-corrected chi connectivity index (χ3v) is 19.7. The van der Waals surface area contributed by atoms with E-state index in [1.807, 2.05) is 79.7 Å². The average molecular weight is 1650 g/mol. The number of ether oxygens (including phenoxy) is 1. The van der Waals surface area contributed by atoms with Crippen molar-refractivity contribution in [3.05, 3.63) is 186 Å². The second-order valence-corrected chi connectivity index (χ2v) is 29.3. The molecule has 8 rings (SSSR count). The predicted molar refractivity (Wildman–Crippen MR) is 428 cm³/mol. The number of anilines is 2. The van der Waals surface area contributed by atoms with E-state index in [1.54, 1.807) is 54.6 Å². The summed E-state index contributed by atoms with van der Waals surface area (Å²) in [4.78, 5) is 189. The van der Waals surface area contributed by atoms with Crippen LogP contribution in [0.15, 0.2) is 179 Å². The van der Waals surface area contributed by atoms with Crippen LogP contribution in [0.4, 0.5) is 27.5 Å². The zero-order valence-electron chi connectivity index (χ0n) is 64.6. The molecule has 624 valence electrons. The molecule has 1 aliphatic carbocycles. The quantitative estimate of drug-likeness (QED) is 0.0130. The van der Waals surface area contributed by atoms with Gasteiger partial charge >= 0.3 is 30.0 Å². The smallest absolute Gasteiger partial charge is 0.407 e. The molecule has 0 aromatic heterocycles. The molecular weight excluding hydrogens is 1550 g/mol. The maximum Gasteiger partial charge on any atom is 0.407 e. The summed E-state index contributed by atoms with van der Waals surface area (Å²) in [6.45, 7) is 1.87. The van der Waals surface area contributed by atoms with E-state index in [1.165, 1.54) is 62.4 Å². The molecule has 16 N–H and O–H groups in total. The highest BCUT2D eigenvalue weighted by Gasteiger charge is 2.38. The van der Waals surface area contributed by atoms with E-state index in [0.717, 1.165) is 27.9 Å². The van der Waals surface area contributed by atoms with Crippen molar-refractivity contribution in [2.45, 2.75) is 125 Å². The van der Waals surface area contributed by atoms with Gasteiger partial charge in [0.1, 0.15) is 53.8 Å². The molecule has 0 radical (unpaired) electrons. The van der Waals surface area contributed by atoms with E-state index in [2.05, 4.69) is 68.7 Å². The number of carboxylic acids is 4. The summed E-state index contributed by atoms with van der Waals surface area (Å²) in [5, 5.41) is 75.8. The van der Waals surface area contributed by atoms with Crippen LogP contribution in [0, 0.1) is 5.92 Å². The first kappa shape index (κ1) is 89.8. The SMILES string of the molecule is CC(C)[C@H](NC(=O)[C@@H](NC(=O)C(CC(=O)O)NC(=O)CNC(=O)C(CCC(=O)NCCNc1cccc2c(S(=O)(=O)O)cccc12)NC(=O)OCC1c2ccccc2-c2ccccc21)c1ccccc1)C(=O)N[C@@H](CC(=O)O)C(=O)NC(CCC(=O)O)C(=O)N[C@@H](CCCCNC(=O)c1ccc(N=Nc2ccc(N(C)C)cc2)cc1)C(=O)O. The van der Waals surface area contributed by atoms with Crippen LogP contribution < -0.4 is 63.4 Å². The Kier molecular flexibility index (Phi) is 32.8. The Morgan fingerprint density at radius 2 is 1.03 bits per heavy atom. The molecule has 118 heavy (non-hydrogen) atoms. The van der Waals surface area contributed by atoms with Crippen LogP contribution in [0.25, 0.3) is 21.9 Å². The molecule has 7 aromatic carbocycles. The van der Waals surface area contributed by atoms with E-state index in [9.17, 15) is 101 Å². The number of alkyl carbamates (subject to hydrolysis) is 1. The fourth-order valence-corrected chi connectivity index (χ4v) is 13.4. The number of hydrogen-bond donors (Lipinski definition) is 16. The largest absolute Gasteiger partial charge is 0.481 e. The molecule has 1 aliphatic rings. The molecule has 7 atom stereocenters. The predicted octanol–water partition coefficient (Wildman–Crippen LogP) is 5.34. The average Bonchev–Trinajstić information content (AvgIpc) is 1.58. The zero-order valence-corrected chi connectivity index (χ0v) is 65.4. The van der Waals surface area contributed by atoms with E-state index < -0.39 is 192 Å². The van der Waals surface area contributed by atoms with Crippen LogP contribution in [0.1, 0.15) is 111 Å². The molecule has 3 unspecified atom stereocenters. The Balaban J connectivity index is 0.871. The van der Waals surface area contributed by atoms with E-state index in [-0.39, 0.29) is 61.3 Å². The lowest BCUT2D eigenvalue weighted by atomic mass is 9.98. The Morgan fingerprint density at radius 1 is 0.475 bits per heavy atom. The lowest BCUT2D eigenvalue weighted by molar-refractivity contribution is -0.144. The molecule has 0 bridgehead atoms. The fraction of sp³-hybridized carbons (Fsp3) is 0.333. The molecule has 0 fully saturated rings. The number of amides is 10. The summed E-state index contributed by atoms with van der Waals surface area (Å²) in [6.07, 6.45) is -5.51. The maximum atomic E-state index is 14.5. The number of nitrogens with one attached hydrogen (secondary N) is 11. The lowest BCUT2D eigenvalue weighted by Gasteiger charge is -2.28. The fourth-order valence-electron chi connectivity index (χ4n) is 12.7. The van der Waals surface area contributed by atoms with Crippen molar-refractivity contribution in [2.24, 2.45) is 16.1 Å². The van der Waals surface area contributed by atoms with Gasteiger partial charge in [0.15, 0.2) is 0 Å². The van der Waals surface area contributed by atoms with Gasteiger partial charge in [0.2, 0.25) is 47.3 Å². The monoisotopic (exact) mass is 1640 g/mol. The van der Waals surface area contributed by atoms with Gasteiger partial charge in [-0.2, -0.15) is 18.6 Å². The molecule has 37 heteroatoms. The van der Waals surface area contributed by atoms with Crippen molar-refractivity contribution < 1.29 is 105 Å². The Bertz CT molecular complexity index is 4930. The van der Waals surface area contributed by atoms with Gasteiger partial charge in [0, 0.05) is 80.2 Å². The highest BCUT2D eigenvalue weighted by Crippen LogP contribution is 2.44. The lowest BCUT2D eigenvalue weighted by Crippen LogP contribution is -2.59. The minimum Gasteiger partial charge on any atom is -0.481 e. The van der Waals surface area contributed by atoms with Crippen LogP contribution in [0.2, 0.25) is 0 Å². The van der Waals surface area contributed by atoms with Crippen molar-refractivity contribution in [1.82, 2.24) is 53.2 Å².